The quantitative estimate of drug-likeness (QED) is 0.694. The van der Waals surface area contributed by atoms with E-state index in [9.17, 15) is 0 Å². The van der Waals surface area contributed by atoms with Gasteiger partial charge in [0.25, 0.3) is 0 Å². The first-order valence-corrected chi connectivity index (χ1v) is 8.07. The van der Waals surface area contributed by atoms with Gasteiger partial charge in [0.15, 0.2) is 0 Å². The molecule has 0 unspecified atom stereocenters. The summed E-state index contributed by atoms with van der Waals surface area (Å²) in [6.07, 6.45) is 2.45. The maximum Gasteiger partial charge on any atom is 0.123 e. The highest BCUT2D eigenvalue weighted by Crippen LogP contribution is 2.23. The molecule has 2 N–H and O–H groups in total. The van der Waals surface area contributed by atoms with Gasteiger partial charge in [0.1, 0.15) is 5.75 Å². The Bertz CT molecular complexity index is 404. The van der Waals surface area contributed by atoms with Gasteiger partial charge in [-0.25, -0.2) is 0 Å². The molecule has 1 aromatic carbocycles. The van der Waals surface area contributed by atoms with E-state index in [1.165, 1.54) is 18.4 Å². The number of rotatable bonds is 9. The summed E-state index contributed by atoms with van der Waals surface area (Å²) in [5.41, 5.74) is 7.92. The van der Waals surface area contributed by atoms with Crippen LogP contribution in [0.4, 0.5) is 5.69 Å². The highest BCUT2D eigenvalue weighted by atomic mass is 16.5. The number of ether oxygens (including phenoxy) is 1. The second kappa shape index (κ2) is 8.93. The first-order valence-electron chi connectivity index (χ1n) is 8.07. The van der Waals surface area contributed by atoms with Crippen LogP contribution in [-0.2, 0) is 6.54 Å². The number of methoxy groups -OCH3 is 1. The Hall–Kier alpha value is -1.22. The molecule has 3 heteroatoms. The van der Waals surface area contributed by atoms with E-state index < -0.39 is 0 Å². The van der Waals surface area contributed by atoms with Crippen LogP contribution in [0.5, 0.6) is 5.75 Å². The number of hydrogen-bond donors (Lipinski definition) is 1. The van der Waals surface area contributed by atoms with E-state index in [4.69, 9.17) is 10.5 Å². The van der Waals surface area contributed by atoms with Crippen LogP contribution in [0.25, 0.3) is 0 Å². The number of nitrogen functional groups attached to an aromatic ring is 1. The lowest BCUT2D eigenvalue weighted by Crippen LogP contribution is -2.27. The molecule has 21 heavy (non-hydrogen) atoms. The second-order valence-corrected chi connectivity index (χ2v) is 6.71. The van der Waals surface area contributed by atoms with Gasteiger partial charge in [-0.1, -0.05) is 27.7 Å². The lowest BCUT2D eigenvalue weighted by molar-refractivity contribution is 0.232. The number of anilines is 1. The van der Waals surface area contributed by atoms with Crippen LogP contribution in [0.3, 0.4) is 0 Å². The maximum absolute atomic E-state index is 5.93. The molecule has 1 rings (SSSR count). The Morgan fingerprint density at radius 2 is 1.62 bits per heavy atom. The molecule has 0 saturated carbocycles. The van der Waals surface area contributed by atoms with Gasteiger partial charge in [0.2, 0.25) is 0 Å². The molecule has 0 spiro atoms. The highest BCUT2D eigenvalue weighted by molar-refractivity contribution is 5.47. The van der Waals surface area contributed by atoms with E-state index in [2.05, 4.69) is 32.6 Å². The van der Waals surface area contributed by atoms with Gasteiger partial charge >= 0.3 is 0 Å². The fourth-order valence-electron chi connectivity index (χ4n) is 2.31. The standard InChI is InChI=1S/C18H32N2O/c1-14(2)8-10-20(11-9-15(3)4)13-16-12-17(19)6-7-18(16)21-5/h6-7,12,14-15H,8-11,13,19H2,1-5H3. The molecule has 0 radical (unpaired) electrons. The topological polar surface area (TPSA) is 38.5 Å². The molecule has 0 fully saturated rings. The van der Waals surface area contributed by atoms with Gasteiger partial charge in [0.05, 0.1) is 7.11 Å². The summed E-state index contributed by atoms with van der Waals surface area (Å²) in [5, 5.41) is 0. The Morgan fingerprint density at radius 1 is 1.05 bits per heavy atom. The third kappa shape index (κ3) is 6.85. The largest absolute Gasteiger partial charge is 0.496 e. The molecular formula is C18H32N2O. The van der Waals surface area contributed by atoms with Crippen molar-refractivity contribution in [3.8, 4) is 5.75 Å². The summed E-state index contributed by atoms with van der Waals surface area (Å²) >= 11 is 0. The van der Waals surface area contributed by atoms with E-state index in [0.29, 0.717) is 0 Å². The van der Waals surface area contributed by atoms with E-state index in [0.717, 1.165) is 42.9 Å². The van der Waals surface area contributed by atoms with Gasteiger partial charge in [-0.05, 0) is 56.0 Å². The number of hydrogen-bond acceptors (Lipinski definition) is 3. The molecule has 0 amide bonds. The van der Waals surface area contributed by atoms with Crippen molar-refractivity contribution in [2.45, 2.75) is 47.1 Å². The van der Waals surface area contributed by atoms with E-state index >= 15 is 0 Å². The first-order chi connectivity index (χ1) is 9.92. The van der Waals surface area contributed by atoms with Crippen LogP contribution in [0, 0.1) is 11.8 Å². The third-order valence-electron chi connectivity index (χ3n) is 3.74. The summed E-state index contributed by atoms with van der Waals surface area (Å²) in [5.74, 6) is 2.40. The summed E-state index contributed by atoms with van der Waals surface area (Å²) in [6, 6.07) is 5.90. The average Bonchev–Trinajstić information content (AvgIpc) is 2.41. The van der Waals surface area contributed by atoms with Crippen LogP contribution < -0.4 is 10.5 Å². The molecule has 1 aromatic rings. The van der Waals surface area contributed by atoms with Gasteiger partial charge in [-0.15, -0.1) is 0 Å². The number of nitrogens with zero attached hydrogens (tertiary/aromatic N) is 1. The van der Waals surface area contributed by atoms with Gasteiger partial charge < -0.3 is 10.5 Å². The third-order valence-corrected chi connectivity index (χ3v) is 3.74. The predicted molar refractivity (Wildman–Crippen MR) is 91.6 cm³/mol. The van der Waals surface area contributed by atoms with Crippen molar-refractivity contribution >= 4 is 5.69 Å². The molecule has 0 heterocycles. The van der Waals surface area contributed by atoms with Crippen LogP contribution >= 0.6 is 0 Å². The van der Waals surface area contributed by atoms with Crippen LogP contribution in [0.2, 0.25) is 0 Å². The van der Waals surface area contributed by atoms with E-state index in [1.54, 1.807) is 7.11 Å². The molecule has 0 aliphatic heterocycles. The van der Waals surface area contributed by atoms with Crippen LogP contribution in [-0.4, -0.2) is 25.1 Å². The van der Waals surface area contributed by atoms with Gasteiger partial charge in [-0.2, -0.15) is 0 Å². The molecule has 0 aliphatic rings. The van der Waals surface area contributed by atoms with Crippen molar-refractivity contribution < 1.29 is 4.74 Å². The minimum absolute atomic E-state index is 0.731. The molecular weight excluding hydrogens is 260 g/mol. The number of benzene rings is 1. The van der Waals surface area contributed by atoms with Gasteiger partial charge in [0, 0.05) is 17.8 Å². The van der Waals surface area contributed by atoms with Crippen LogP contribution in [0.1, 0.15) is 46.1 Å². The number of nitrogens with two attached hydrogens (primary N) is 1. The van der Waals surface area contributed by atoms with Crippen molar-refractivity contribution in [2.24, 2.45) is 11.8 Å². The predicted octanol–water partition coefficient (Wildman–Crippen LogP) is 4.17. The SMILES string of the molecule is COc1ccc(N)cc1CN(CCC(C)C)CCC(C)C. The molecule has 3 nitrogen and oxygen atoms in total. The minimum atomic E-state index is 0.731. The minimum Gasteiger partial charge on any atom is -0.496 e. The lowest BCUT2D eigenvalue weighted by atomic mass is 10.1. The zero-order valence-electron chi connectivity index (χ0n) is 14.4. The zero-order valence-corrected chi connectivity index (χ0v) is 14.4. The second-order valence-electron chi connectivity index (χ2n) is 6.71. The van der Waals surface area contributed by atoms with Crippen molar-refractivity contribution in [3.05, 3.63) is 23.8 Å². The van der Waals surface area contributed by atoms with E-state index in [-0.39, 0.29) is 0 Å². The summed E-state index contributed by atoms with van der Waals surface area (Å²) < 4.78 is 5.47. The smallest absolute Gasteiger partial charge is 0.123 e. The first kappa shape index (κ1) is 17.8. The van der Waals surface area contributed by atoms with Crippen molar-refractivity contribution in [1.82, 2.24) is 4.90 Å². The van der Waals surface area contributed by atoms with Crippen molar-refractivity contribution in [1.29, 1.82) is 0 Å². The zero-order chi connectivity index (χ0) is 15.8. The Morgan fingerprint density at radius 3 is 2.10 bits per heavy atom. The average molecular weight is 292 g/mol. The highest BCUT2D eigenvalue weighted by Gasteiger charge is 2.12. The molecule has 0 saturated heterocycles. The van der Waals surface area contributed by atoms with E-state index in [1.807, 2.05) is 18.2 Å². The fraction of sp³-hybridized carbons (Fsp3) is 0.667. The molecule has 120 valence electrons. The Balaban J connectivity index is 2.76. The molecule has 0 atom stereocenters. The summed E-state index contributed by atoms with van der Waals surface area (Å²) in [4.78, 5) is 2.53. The van der Waals surface area contributed by atoms with Gasteiger partial charge in [-0.3, -0.25) is 4.90 Å². The normalized spacial score (nSPS) is 11.6. The monoisotopic (exact) mass is 292 g/mol. The van der Waals surface area contributed by atoms with Crippen molar-refractivity contribution in [2.75, 3.05) is 25.9 Å². The molecule has 0 aliphatic carbocycles. The van der Waals surface area contributed by atoms with Crippen molar-refractivity contribution in [3.63, 3.8) is 0 Å². The Labute approximate surface area is 130 Å². The summed E-state index contributed by atoms with van der Waals surface area (Å²) in [7, 11) is 1.72. The Kier molecular flexibility index (Phi) is 7.58. The summed E-state index contributed by atoms with van der Waals surface area (Å²) in [6.45, 7) is 12.3. The fourth-order valence-corrected chi connectivity index (χ4v) is 2.31. The van der Waals surface area contributed by atoms with Crippen LogP contribution in [0.15, 0.2) is 18.2 Å². The molecule has 0 bridgehead atoms. The molecule has 0 aromatic heterocycles. The lowest BCUT2D eigenvalue weighted by Gasteiger charge is -2.25. The maximum atomic E-state index is 5.93.